The van der Waals surface area contributed by atoms with Crippen molar-refractivity contribution < 1.29 is 9.53 Å². The number of benzene rings is 3. The van der Waals surface area contributed by atoms with Crippen LogP contribution in [0.5, 0.6) is 5.75 Å². The number of ether oxygens (including phenoxy) is 1. The molecule has 4 rings (SSSR count). The molecule has 1 aromatic heterocycles. The number of hydrogen-bond acceptors (Lipinski definition) is 6. The number of nitriles is 1. The van der Waals surface area contributed by atoms with Crippen LogP contribution in [0.15, 0.2) is 84.0 Å². The van der Waals surface area contributed by atoms with E-state index in [-0.39, 0.29) is 5.91 Å². The largest absolute Gasteiger partial charge is 0.496 e. The van der Waals surface area contributed by atoms with E-state index in [2.05, 4.69) is 26.2 Å². The lowest BCUT2D eigenvalue weighted by molar-refractivity contribution is -0.121. The van der Waals surface area contributed by atoms with Crippen molar-refractivity contribution in [2.24, 2.45) is 0 Å². The van der Waals surface area contributed by atoms with Gasteiger partial charge in [-0.3, -0.25) is 9.36 Å². The first-order chi connectivity index (χ1) is 18.2. The van der Waals surface area contributed by atoms with Crippen LogP contribution in [0.1, 0.15) is 41.8 Å². The smallest absolute Gasteiger partial charge is 0.220 e. The highest BCUT2D eigenvalue weighted by molar-refractivity contribution is 7.98. The molecule has 1 N–H and O–H groups in total. The van der Waals surface area contributed by atoms with Crippen LogP contribution >= 0.6 is 11.8 Å². The molecule has 0 aliphatic carbocycles. The van der Waals surface area contributed by atoms with Gasteiger partial charge in [-0.15, -0.1) is 10.2 Å². The van der Waals surface area contributed by atoms with Gasteiger partial charge in [0.05, 0.1) is 18.7 Å². The number of methoxy groups -OCH3 is 1. The van der Waals surface area contributed by atoms with Crippen molar-refractivity contribution in [3.63, 3.8) is 0 Å². The Morgan fingerprint density at radius 3 is 2.65 bits per heavy atom. The summed E-state index contributed by atoms with van der Waals surface area (Å²) in [4.78, 5) is 12.4. The van der Waals surface area contributed by atoms with E-state index < -0.39 is 0 Å². The molecule has 188 valence electrons. The number of thioether (sulfide) groups is 1. The van der Waals surface area contributed by atoms with Crippen molar-refractivity contribution in [1.82, 2.24) is 20.1 Å². The maximum absolute atomic E-state index is 12.4. The number of nitrogens with one attached hydrogen (secondary N) is 1. The van der Waals surface area contributed by atoms with E-state index in [0.29, 0.717) is 30.7 Å². The Kier molecular flexibility index (Phi) is 9.33. The van der Waals surface area contributed by atoms with E-state index in [1.165, 1.54) is 0 Å². The molecule has 1 amide bonds. The standard InChI is InChI=1S/C29H29N5O2S/c1-36-26-15-6-5-12-24(26)20-31-28(35)17-8-7-16-27-32-33-29(34(27)25-13-3-2-4-14-25)37-21-23-11-9-10-22(18-23)19-30/h2-6,9-15,18H,7-8,16-17,20-21H2,1H3,(H,31,35). The first-order valence-corrected chi connectivity index (χ1v) is 13.2. The van der Waals surface area contributed by atoms with Crippen molar-refractivity contribution >= 4 is 17.7 Å². The fourth-order valence-electron chi connectivity index (χ4n) is 3.97. The molecule has 0 spiro atoms. The zero-order valence-electron chi connectivity index (χ0n) is 20.8. The van der Waals surface area contributed by atoms with E-state index in [4.69, 9.17) is 4.74 Å². The van der Waals surface area contributed by atoms with Crippen LogP contribution in [0.2, 0.25) is 0 Å². The Bertz CT molecular complexity index is 1360. The number of aromatic nitrogens is 3. The zero-order chi connectivity index (χ0) is 25.9. The molecule has 3 aromatic carbocycles. The van der Waals surface area contributed by atoms with E-state index in [9.17, 15) is 10.1 Å². The summed E-state index contributed by atoms with van der Waals surface area (Å²) in [7, 11) is 1.63. The van der Waals surface area contributed by atoms with Gasteiger partial charge in [-0.2, -0.15) is 5.26 Å². The minimum absolute atomic E-state index is 0.0197. The number of carbonyl (C=O) groups excluding carboxylic acids is 1. The maximum Gasteiger partial charge on any atom is 0.220 e. The number of hydrogen-bond donors (Lipinski definition) is 1. The molecule has 0 saturated carbocycles. The quantitative estimate of drug-likeness (QED) is 0.200. The van der Waals surface area contributed by atoms with Gasteiger partial charge in [0.25, 0.3) is 0 Å². The molecule has 0 fully saturated rings. The monoisotopic (exact) mass is 511 g/mol. The number of nitrogens with zero attached hydrogens (tertiary/aromatic N) is 4. The summed E-state index contributed by atoms with van der Waals surface area (Å²) in [6.45, 7) is 0.447. The summed E-state index contributed by atoms with van der Waals surface area (Å²) >= 11 is 1.59. The van der Waals surface area contributed by atoms with Crippen LogP contribution in [-0.2, 0) is 23.5 Å². The number of aryl methyl sites for hydroxylation is 1. The molecular formula is C29H29N5O2S. The van der Waals surface area contributed by atoms with Crippen molar-refractivity contribution in [3.8, 4) is 17.5 Å². The minimum atomic E-state index is 0.0197. The highest BCUT2D eigenvalue weighted by Crippen LogP contribution is 2.26. The zero-order valence-corrected chi connectivity index (χ0v) is 21.6. The third-order valence-electron chi connectivity index (χ3n) is 5.86. The van der Waals surface area contributed by atoms with E-state index in [0.717, 1.165) is 46.4 Å². The molecule has 8 heteroatoms. The summed E-state index contributed by atoms with van der Waals surface area (Å²) in [5.41, 5.74) is 3.67. The second-order valence-electron chi connectivity index (χ2n) is 8.47. The Balaban J connectivity index is 1.34. The van der Waals surface area contributed by atoms with Crippen LogP contribution in [-0.4, -0.2) is 27.8 Å². The Morgan fingerprint density at radius 2 is 1.84 bits per heavy atom. The predicted molar refractivity (Wildman–Crippen MR) is 144 cm³/mol. The van der Waals surface area contributed by atoms with Gasteiger partial charge < -0.3 is 10.1 Å². The van der Waals surface area contributed by atoms with Gasteiger partial charge in [-0.25, -0.2) is 0 Å². The van der Waals surface area contributed by atoms with E-state index in [1.807, 2.05) is 72.8 Å². The second-order valence-corrected chi connectivity index (χ2v) is 9.41. The lowest BCUT2D eigenvalue weighted by atomic mass is 10.1. The second kappa shape index (κ2) is 13.3. The summed E-state index contributed by atoms with van der Waals surface area (Å²) < 4.78 is 7.43. The first kappa shape index (κ1) is 26.0. The summed E-state index contributed by atoms with van der Waals surface area (Å²) in [5, 5.41) is 21.9. The molecule has 7 nitrogen and oxygen atoms in total. The van der Waals surface area contributed by atoms with Gasteiger partial charge in [-0.05, 0) is 48.7 Å². The number of unbranched alkanes of at least 4 members (excludes halogenated alkanes) is 1. The number of amides is 1. The third kappa shape index (κ3) is 7.21. The van der Waals surface area contributed by atoms with Crippen molar-refractivity contribution in [1.29, 1.82) is 5.26 Å². The molecule has 0 radical (unpaired) electrons. The normalized spacial score (nSPS) is 10.6. The molecular weight excluding hydrogens is 482 g/mol. The molecule has 0 bridgehead atoms. The average molecular weight is 512 g/mol. The van der Waals surface area contributed by atoms with Crippen LogP contribution in [0, 0.1) is 11.3 Å². The van der Waals surface area contributed by atoms with Crippen LogP contribution in [0.3, 0.4) is 0 Å². The maximum atomic E-state index is 12.4. The summed E-state index contributed by atoms with van der Waals surface area (Å²) in [6.07, 6.45) is 2.74. The topological polar surface area (TPSA) is 92.8 Å². The summed E-state index contributed by atoms with van der Waals surface area (Å²) in [6, 6.07) is 27.5. The molecule has 0 aliphatic rings. The fourth-order valence-corrected chi connectivity index (χ4v) is 4.88. The van der Waals surface area contributed by atoms with Gasteiger partial charge in [0.1, 0.15) is 11.6 Å². The van der Waals surface area contributed by atoms with Crippen molar-refractivity contribution in [3.05, 3.63) is 101 Å². The molecule has 0 aliphatic heterocycles. The van der Waals surface area contributed by atoms with Crippen LogP contribution in [0.25, 0.3) is 5.69 Å². The van der Waals surface area contributed by atoms with Gasteiger partial charge in [0.2, 0.25) is 5.91 Å². The third-order valence-corrected chi connectivity index (χ3v) is 6.86. The molecule has 0 unspecified atom stereocenters. The molecule has 37 heavy (non-hydrogen) atoms. The van der Waals surface area contributed by atoms with Crippen molar-refractivity contribution in [2.75, 3.05) is 7.11 Å². The van der Waals surface area contributed by atoms with Gasteiger partial charge in [0.15, 0.2) is 5.16 Å². The fraction of sp³-hybridized carbons (Fsp3) is 0.241. The number of carbonyl (C=O) groups is 1. The Hall–Kier alpha value is -4.09. The van der Waals surface area contributed by atoms with E-state index in [1.54, 1.807) is 24.9 Å². The van der Waals surface area contributed by atoms with Crippen molar-refractivity contribution in [2.45, 2.75) is 43.1 Å². The molecule has 4 aromatic rings. The first-order valence-electron chi connectivity index (χ1n) is 12.2. The SMILES string of the molecule is COc1ccccc1CNC(=O)CCCCc1nnc(SCc2cccc(C#N)c2)n1-c1ccccc1. The van der Waals surface area contributed by atoms with Crippen LogP contribution in [0.4, 0.5) is 0 Å². The van der Waals surface area contributed by atoms with E-state index >= 15 is 0 Å². The number of rotatable bonds is 12. The highest BCUT2D eigenvalue weighted by Gasteiger charge is 2.15. The van der Waals surface area contributed by atoms with Gasteiger partial charge in [-0.1, -0.05) is 60.3 Å². The molecule has 1 heterocycles. The molecule has 0 saturated heterocycles. The Morgan fingerprint density at radius 1 is 1.03 bits per heavy atom. The minimum Gasteiger partial charge on any atom is -0.496 e. The highest BCUT2D eigenvalue weighted by atomic mass is 32.2. The lowest BCUT2D eigenvalue weighted by Crippen LogP contribution is -2.22. The lowest BCUT2D eigenvalue weighted by Gasteiger charge is -2.11. The number of para-hydroxylation sites is 2. The molecule has 0 atom stereocenters. The summed E-state index contributed by atoms with van der Waals surface area (Å²) in [5.74, 6) is 2.35. The van der Waals surface area contributed by atoms with Gasteiger partial charge in [0, 0.05) is 36.4 Å². The van der Waals surface area contributed by atoms with Gasteiger partial charge >= 0.3 is 0 Å². The Labute approximate surface area is 221 Å². The van der Waals surface area contributed by atoms with Crippen LogP contribution < -0.4 is 10.1 Å². The average Bonchev–Trinajstić information content (AvgIpc) is 3.36. The predicted octanol–water partition coefficient (Wildman–Crippen LogP) is 5.47.